The Morgan fingerprint density at radius 1 is 1.34 bits per heavy atom. The van der Waals surface area contributed by atoms with Gasteiger partial charge in [0.1, 0.15) is 17.7 Å². The number of para-hydroxylation sites is 1. The van der Waals surface area contributed by atoms with E-state index in [1.54, 1.807) is 12.1 Å². The molecular weight excluding hydrogens is 451 g/mol. The fourth-order valence-corrected chi connectivity index (χ4v) is 5.47. The highest BCUT2D eigenvalue weighted by atomic mass is 32.2. The molecule has 0 aliphatic heterocycles. The Morgan fingerprint density at radius 3 is 2.97 bits per heavy atom. The predicted octanol–water partition coefficient (Wildman–Crippen LogP) is 3.64. The first-order chi connectivity index (χ1) is 15.6. The highest BCUT2D eigenvalue weighted by Gasteiger charge is 2.22. The lowest BCUT2D eigenvalue weighted by Gasteiger charge is -2.09. The van der Waals surface area contributed by atoms with Crippen LogP contribution in [0.4, 0.5) is 9.39 Å². The van der Waals surface area contributed by atoms with Crippen molar-refractivity contribution in [3.8, 4) is 11.8 Å². The molecule has 0 fully saturated rings. The average molecular weight is 473 g/mol. The van der Waals surface area contributed by atoms with Gasteiger partial charge in [0.25, 0.3) is 0 Å². The van der Waals surface area contributed by atoms with E-state index in [-0.39, 0.29) is 24.7 Å². The van der Waals surface area contributed by atoms with Crippen LogP contribution in [0.2, 0.25) is 0 Å². The first-order valence-electron chi connectivity index (χ1n) is 10.1. The van der Waals surface area contributed by atoms with Gasteiger partial charge in [-0.2, -0.15) is 5.26 Å². The lowest BCUT2D eigenvalue weighted by molar-refractivity contribution is -0.115. The SMILES string of the molecule is N#Cc1c(NC(=O)CCSc2nnc(COc3ccccc3F)n2N)sc2c1CCCC2. The molecule has 0 spiro atoms. The maximum Gasteiger partial charge on any atom is 0.225 e. The third-order valence-electron chi connectivity index (χ3n) is 5.02. The summed E-state index contributed by atoms with van der Waals surface area (Å²) in [5.74, 6) is 6.24. The second kappa shape index (κ2) is 10.0. The average Bonchev–Trinajstić information content (AvgIpc) is 3.32. The van der Waals surface area contributed by atoms with Crippen LogP contribution in [0.1, 0.15) is 41.1 Å². The van der Waals surface area contributed by atoms with Crippen molar-refractivity contribution in [2.24, 2.45) is 0 Å². The molecule has 32 heavy (non-hydrogen) atoms. The van der Waals surface area contributed by atoms with Crippen molar-refractivity contribution >= 4 is 34.0 Å². The number of benzene rings is 1. The molecular formula is C21H21FN6O2S2. The van der Waals surface area contributed by atoms with Gasteiger partial charge in [-0.05, 0) is 43.4 Å². The summed E-state index contributed by atoms with van der Waals surface area (Å²) in [6, 6.07) is 8.31. The number of thioether (sulfide) groups is 1. The van der Waals surface area contributed by atoms with Crippen molar-refractivity contribution in [3.05, 3.63) is 51.9 Å². The van der Waals surface area contributed by atoms with E-state index in [1.165, 1.54) is 44.8 Å². The van der Waals surface area contributed by atoms with Crippen LogP contribution in [0.3, 0.4) is 0 Å². The molecule has 1 aliphatic rings. The van der Waals surface area contributed by atoms with Crippen molar-refractivity contribution in [1.29, 1.82) is 5.26 Å². The van der Waals surface area contributed by atoms with Crippen LogP contribution in [0, 0.1) is 17.1 Å². The Labute approximate surface area is 192 Å². The molecule has 1 aromatic carbocycles. The van der Waals surface area contributed by atoms with Crippen molar-refractivity contribution < 1.29 is 13.9 Å². The van der Waals surface area contributed by atoms with E-state index in [0.29, 0.717) is 27.3 Å². The summed E-state index contributed by atoms with van der Waals surface area (Å²) in [6.07, 6.45) is 4.29. The molecule has 3 N–H and O–H groups in total. The van der Waals surface area contributed by atoms with Crippen molar-refractivity contribution in [2.75, 3.05) is 16.9 Å². The molecule has 0 bridgehead atoms. The van der Waals surface area contributed by atoms with Crippen LogP contribution in [0.15, 0.2) is 29.4 Å². The predicted molar refractivity (Wildman–Crippen MR) is 121 cm³/mol. The molecule has 0 unspecified atom stereocenters. The lowest BCUT2D eigenvalue weighted by Crippen LogP contribution is -2.16. The molecule has 11 heteroatoms. The van der Waals surface area contributed by atoms with Crippen LogP contribution in [0.25, 0.3) is 0 Å². The van der Waals surface area contributed by atoms with Gasteiger partial charge >= 0.3 is 0 Å². The second-order valence-electron chi connectivity index (χ2n) is 7.16. The Kier molecular flexibility index (Phi) is 6.92. The maximum atomic E-state index is 13.7. The van der Waals surface area contributed by atoms with Crippen LogP contribution in [-0.4, -0.2) is 26.5 Å². The number of aromatic nitrogens is 3. The standard InChI is InChI=1S/C21H21FN6O2S2/c22-15-6-2-3-7-16(15)30-12-18-26-27-21(28(18)24)31-10-9-19(29)25-20-14(11-23)13-5-1-4-8-17(13)32-20/h2-3,6-7H,1,4-5,8-10,12,24H2,(H,25,29). The zero-order valence-corrected chi connectivity index (χ0v) is 18.8. The van der Waals surface area contributed by atoms with Crippen molar-refractivity contribution in [2.45, 2.75) is 43.9 Å². The first kappa shape index (κ1) is 22.1. The van der Waals surface area contributed by atoms with E-state index in [2.05, 4.69) is 21.6 Å². The molecule has 1 aliphatic carbocycles. The topological polar surface area (TPSA) is 119 Å². The number of aryl methyl sites for hydroxylation is 1. The number of nitrogens with zero attached hydrogens (tertiary/aromatic N) is 4. The summed E-state index contributed by atoms with van der Waals surface area (Å²) in [7, 11) is 0. The van der Waals surface area contributed by atoms with E-state index in [0.717, 1.165) is 31.2 Å². The zero-order chi connectivity index (χ0) is 22.5. The molecule has 8 nitrogen and oxygen atoms in total. The number of hydrogen-bond donors (Lipinski definition) is 2. The Balaban J connectivity index is 1.29. The van der Waals surface area contributed by atoms with Gasteiger partial charge in [-0.25, -0.2) is 9.07 Å². The molecule has 2 aromatic heterocycles. The molecule has 1 amide bonds. The fraction of sp³-hybridized carbons (Fsp3) is 0.333. The van der Waals surface area contributed by atoms with Gasteiger partial charge in [0.05, 0.1) is 5.56 Å². The van der Waals surface area contributed by atoms with Crippen LogP contribution in [0.5, 0.6) is 5.75 Å². The molecule has 4 rings (SSSR count). The molecule has 0 radical (unpaired) electrons. The third-order valence-corrected chi connectivity index (χ3v) is 7.18. The third kappa shape index (κ3) is 4.87. The molecule has 0 saturated carbocycles. The zero-order valence-electron chi connectivity index (χ0n) is 17.1. The number of thiophene rings is 1. The summed E-state index contributed by atoms with van der Waals surface area (Å²) < 4.78 is 20.3. The van der Waals surface area contributed by atoms with Crippen LogP contribution >= 0.6 is 23.1 Å². The highest BCUT2D eigenvalue weighted by Crippen LogP contribution is 2.37. The number of rotatable bonds is 8. The molecule has 166 valence electrons. The molecule has 2 heterocycles. The maximum absolute atomic E-state index is 13.7. The number of halogens is 1. The number of carbonyl (C=O) groups excluding carboxylic acids is 1. The van der Waals surface area contributed by atoms with Gasteiger partial charge in [0.2, 0.25) is 11.1 Å². The number of nitrogen functional groups attached to an aromatic ring is 1. The van der Waals surface area contributed by atoms with Gasteiger partial charge in [-0.3, -0.25) is 4.79 Å². The number of fused-ring (bicyclic) bond motifs is 1. The number of hydrogen-bond acceptors (Lipinski definition) is 8. The number of carbonyl (C=O) groups is 1. The number of anilines is 1. The number of nitrogens with two attached hydrogens (primary N) is 1. The van der Waals surface area contributed by atoms with E-state index in [1.807, 2.05) is 0 Å². The van der Waals surface area contributed by atoms with Gasteiger partial charge in [-0.15, -0.1) is 21.5 Å². The number of ether oxygens (including phenoxy) is 1. The minimum absolute atomic E-state index is 0.0362. The first-order valence-corrected chi connectivity index (χ1v) is 11.9. The largest absolute Gasteiger partial charge is 0.482 e. The van der Waals surface area contributed by atoms with E-state index in [4.69, 9.17) is 10.6 Å². The van der Waals surface area contributed by atoms with E-state index in [9.17, 15) is 14.4 Å². The molecule has 0 atom stereocenters. The van der Waals surface area contributed by atoms with Crippen LogP contribution < -0.4 is 15.9 Å². The van der Waals surface area contributed by atoms with E-state index >= 15 is 0 Å². The minimum atomic E-state index is -0.470. The van der Waals surface area contributed by atoms with Crippen LogP contribution in [-0.2, 0) is 24.2 Å². The highest BCUT2D eigenvalue weighted by molar-refractivity contribution is 7.99. The quantitative estimate of drug-likeness (QED) is 0.379. The summed E-state index contributed by atoms with van der Waals surface area (Å²) in [5.41, 5.74) is 1.70. The summed E-state index contributed by atoms with van der Waals surface area (Å²) in [6.45, 7) is -0.0362. The number of nitrogens with one attached hydrogen (secondary N) is 1. The fourth-order valence-electron chi connectivity index (χ4n) is 3.40. The second-order valence-corrected chi connectivity index (χ2v) is 9.33. The monoisotopic (exact) mass is 472 g/mol. The normalized spacial score (nSPS) is 12.8. The minimum Gasteiger partial charge on any atom is -0.482 e. The lowest BCUT2D eigenvalue weighted by atomic mass is 9.96. The number of nitriles is 1. The van der Waals surface area contributed by atoms with Gasteiger partial charge < -0.3 is 15.9 Å². The molecule has 3 aromatic rings. The Bertz CT molecular complexity index is 1170. The van der Waals surface area contributed by atoms with Crippen molar-refractivity contribution in [3.63, 3.8) is 0 Å². The van der Waals surface area contributed by atoms with E-state index < -0.39 is 5.82 Å². The smallest absolute Gasteiger partial charge is 0.225 e. The summed E-state index contributed by atoms with van der Waals surface area (Å²) >= 11 is 2.79. The van der Waals surface area contributed by atoms with Gasteiger partial charge in [0.15, 0.2) is 17.4 Å². The van der Waals surface area contributed by atoms with Gasteiger partial charge in [-0.1, -0.05) is 23.9 Å². The summed E-state index contributed by atoms with van der Waals surface area (Å²) in [4.78, 5) is 13.6. The molecule has 0 saturated heterocycles. The van der Waals surface area contributed by atoms with Gasteiger partial charge in [0, 0.05) is 17.1 Å². The Hall–Kier alpha value is -3.10. The Morgan fingerprint density at radius 2 is 2.16 bits per heavy atom. The summed E-state index contributed by atoms with van der Waals surface area (Å²) in [5, 5.41) is 21.4. The number of amides is 1. The van der Waals surface area contributed by atoms with Crippen molar-refractivity contribution in [1.82, 2.24) is 14.9 Å².